The Morgan fingerprint density at radius 1 is 1.33 bits per heavy atom. The fraction of sp³-hybridized carbons (Fsp3) is 0.550. The van der Waals surface area contributed by atoms with Crippen LogP contribution in [0, 0.1) is 11.8 Å². The molecule has 0 spiro atoms. The number of methoxy groups -OCH3 is 1. The number of para-hydroxylation sites is 2. The number of piperidine rings is 1. The summed E-state index contributed by atoms with van der Waals surface area (Å²) in [5.74, 6) is 2.67. The number of nitrogens with zero attached hydrogens (tertiary/aromatic N) is 3. The first-order valence-corrected chi connectivity index (χ1v) is 9.53. The highest BCUT2D eigenvalue weighted by atomic mass is 16.5. The van der Waals surface area contributed by atoms with Crippen molar-refractivity contribution in [1.82, 2.24) is 15.0 Å². The zero-order valence-electron chi connectivity index (χ0n) is 16.3. The molecule has 1 saturated heterocycles. The lowest BCUT2D eigenvalue weighted by Crippen LogP contribution is -2.37. The summed E-state index contributed by atoms with van der Waals surface area (Å²) in [6.07, 6.45) is 2.45. The summed E-state index contributed by atoms with van der Waals surface area (Å²) in [5.41, 5.74) is 0.718. The summed E-state index contributed by atoms with van der Waals surface area (Å²) in [7, 11) is 1.60. The highest BCUT2D eigenvalue weighted by Crippen LogP contribution is 2.26. The van der Waals surface area contributed by atoms with Gasteiger partial charge in [0.2, 0.25) is 11.8 Å². The number of amides is 1. The van der Waals surface area contributed by atoms with Gasteiger partial charge in [0.25, 0.3) is 0 Å². The molecule has 0 radical (unpaired) electrons. The Kier molecular flexibility index (Phi) is 6.45. The molecular weight excluding hydrogens is 344 g/mol. The first-order valence-electron chi connectivity index (χ1n) is 9.53. The third-order valence-electron chi connectivity index (χ3n) is 4.78. The zero-order valence-corrected chi connectivity index (χ0v) is 16.3. The van der Waals surface area contributed by atoms with Crippen LogP contribution in [0.25, 0.3) is 0 Å². The van der Waals surface area contributed by atoms with Gasteiger partial charge in [0.15, 0.2) is 5.82 Å². The van der Waals surface area contributed by atoms with Gasteiger partial charge in [0, 0.05) is 12.3 Å². The fourth-order valence-corrected chi connectivity index (χ4v) is 3.33. The smallest absolute Gasteiger partial charge is 0.240 e. The molecule has 1 aromatic carbocycles. The average molecular weight is 372 g/mol. The number of hydrogen-bond acceptors (Lipinski definition) is 6. The van der Waals surface area contributed by atoms with Gasteiger partial charge in [0.05, 0.1) is 19.3 Å². The van der Waals surface area contributed by atoms with Crippen LogP contribution in [0.1, 0.15) is 38.4 Å². The SMILES string of the molecule is COc1ccccc1NC(=O)C1CCN(Cc2nc(CC(C)C)no2)CC1. The van der Waals surface area contributed by atoms with Gasteiger partial charge in [-0.1, -0.05) is 31.1 Å². The summed E-state index contributed by atoms with van der Waals surface area (Å²) in [6, 6.07) is 7.47. The molecule has 1 amide bonds. The van der Waals surface area contributed by atoms with Gasteiger partial charge >= 0.3 is 0 Å². The van der Waals surface area contributed by atoms with E-state index in [1.165, 1.54) is 0 Å². The van der Waals surface area contributed by atoms with Crippen LogP contribution >= 0.6 is 0 Å². The number of anilines is 1. The fourth-order valence-electron chi connectivity index (χ4n) is 3.33. The number of benzene rings is 1. The van der Waals surface area contributed by atoms with Crippen LogP contribution in [0.4, 0.5) is 5.69 Å². The second-order valence-electron chi connectivity index (χ2n) is 7.44. The molecular formula is C20H28N4O3. The van der Waals surface area contributed by atoms with Crippen molar-refractivity contribution in [3.63, 3.8) is 0 Å². The molecule has 0 unspecified atom stereocenters. The van der Waals surface area contributed by atoms with Crippen LogP contribution in [0.5, 0.6) is 5.75 Å². The van der Waals surface area contributed by atoms with Crippen LogP contribution in [-0.4, -0.2) is 41.1 Å². The van der Waals surface area contributed by atoms with Crippen molar-refractivity contribution in [2.24, 2.45) is 11.8 Å². The summed E-state index contributed by atoms with van der Waals surface area (Å²) in [6.45, 7) is 6.59. The van der Waals surface area contributed by atoms with E-state index in [9.17, 15) is 4.79 Å². The first-order chi connectivity index (χ1) is 13.0. The molecule has 7 nitrogen and oxygen atoms in total. The van der Waals surface area contributed by atoms with E-state index < -0.39 is 0 Å². The van der Waals surface area contributed by atoms with Gasteiger partial charge in [-0.2, -0.15) is 4.98 Å². The summed E-state index contributed by atoms with van der Waals surface area (Å²) in [5, 5.41) is 7.03. The van der Waals surface area contributed by atoms with E-state index in [2.05, 4.69) is 34.2 Å². The monoisotopic (exact) mass is 372 g/mol. The van der Waals surface area contributed by atoms with Crippen molar-refractivity contribution >= 4 is 11.6 Å². The van der Waals surface area contributed by atoms with Crippen molar-refractivity contribution in [3.05, 3.63) is 36.0 Å². The Morgan fingerprint density at radius 3 is 2.78 bits per heavy atom. The Hall–Kier alpha value is -2.41. The highest BCUT2D eigenvalue weighted by Gasteiger charge is 2.26. The van der Waals surface area contributed by atoms with Crippen molar-refractivity contribution < 1.29 is 14.1 Å². The predicted molar refractivity (Wildman–Crippen MR) is 102 cm³/mol. The predicted octanol–water partition coefficient (Wildman–Crippen LogP) is 3.13. The van der Waals surface area contributed by atoms with E-state index in [0.717, 1.165) is 43.9 Å². The molecule has 0 saturated carbocycles. The number of ether oxygens (including phenoxy) is 1. The number of likely N-dealkylation sites (tertiary alicyclic amines) is 1. The first kappa shape index (κ1) is 19.4. The van der Waals surface area contributed by atoms with Crippen molar-refractivity contribution in [2.75, 3.05) is 25.5 Å². The third-order valence-corrected chi connectivity index (χ3v) is 4.78. The maximum Gasteiger partial charge on any atom is 0.240 e. The second-order valence-corrected chi connectivity index (χ2v) is 7.44. The van der Waals surface area contributed by atoms with E-state index in [1.54, 1.807) is 7.11 Å². The third kappa shape index (κ3) is 5.29. The average Bonchev–Trinajstić information content (AvgIpc) is 3.08. The number of rotatable bonds is 7. The Labute approximate surface area is 160 Å². The van der Waals surface area contributed by atoms with Crippen molar-refractivity contribution in [3.8, 4) is 5.75 Å². The van der Waals surface area contributed by atoms with Crippen LogP contribution < -0.4 is 10.1 Å². The molecule has 2 heterocycles. The van der Waals surface area contributed by atoms with E-state index in [-0.39, 0.29) is 11.8 Å². The standard InChI is InChI=1S/C20H28N4O3/c1-14(2)12-18-22-19(27-23-18)13-24-10-8-15(9-11-24)20(25)21-16-6-4-5-7-17(16)26-3/h4-7,14-15H,8-13H2,1-3H3,(H,21,25). The van der Waals surface area contributed by atoms with E-state index in [0.29, 0.717) is 24.1 Å². The molecule has 0 bridgehead atoms. The van der Waals surface area contributed by atoms with Gasteiger partial charge in [0.1, 0.15) is 5.75 Å². The maximum atomic E-state index is 12.6. The van der Waals surface area contributed by atoms with Crippen LogP contribution in [0.3, 0.4) is 0 Å². The molecule has 1 aliphatic rings. The van der Waals surface area contributed by atoms with Gasteiger partial charge in [-0.05, 0) is 44.0 Å². The minimum absolute atomic E-state index is 0.00495. The number of carbonyl (C=O) groups excluding carboxylic acids is 1. The molecule has 0 atom stereocenters. The maximum absolute atomic E-state index is 12.6. The molecule has 27 heavy (non-hydrogen) atoms. The number of aromatic nitrogens is 2. The molecule has 146 valence electrons. The van der Waals surface area contributed by atoms with Crippen LogP contribution in [0.15, 0.2) is 28.8 Å². The number of hydrogen-bond donors (Lipinski definition) is 1. The van der Waals surface area contributed by atoms with E-state index >= 15 is 0 Å². The minimum atomic E-state index is 0.00495. The van der Waals surface area contributed by atoms with Crippen molar-refractivity contribution in [2.45, 2.75) is 39.7 Å². The van der Waals surface area contributed by atoms with Gasteiger partial charge < -0.3 is 14.6 Å². The second kappa shape index (κ2) is 8.99. The Bertz CT molecular complexity index is 751. The van der Waals surface area contributed by atoms with Gasteiger partial charge in [-0.3, -0.25) is 9.69 Å². The molecule has 1 aromatic heterocycles. The summed E-state index contributed by atoms with van der Waals surface area (Å²) < 4.78 is 10.6. The Morgan fingerprint density at radius 2 is 2.07 bits per heavy atom. The van der Waals surface area contributed by atoms with Crippen LogP contribution in [0.2, 0.25) is 0 Å². The molecule has 1 N–H and O–H groups in total. The normalized spacial score (nSPS) is 15.9. The Balaban J connectivity index is 1.48. The van der Waals surface area contributed by atoms with Crippen LogP contribution in [-0.2, 0) is 17.8 Å². The molecule has 1 fully saturated rings. The molecule has 1 aliphatic heterocycles. The van der Waals surface area contributed by atoms with Crippen molar-refractivity contribution in [1.29, 1.82) is 0 Å². The van der Waals surface area contributed by atoms with E-state index in [4.69, 9.17) is 9.26 Å². The van der Waals surface area contributed by atoms with E-state index in [1.807, 2.05) is 24.3 Å². The summed E-state index contributed by atoms with van der Waals surface area (Å²) in [4.78, 5) is 19.3. The van der Waals surface area contributed by atoms with Gasteiger partial charge in [-0.25, -0.2) is 0 Å². The minimum Gasteiger partial charge on any atom is -0.495 e. The van der Waals surface area contributed by atoms with Gasteiger partial charge in [-0.15, -0.1) is 0 Å². The molecule has 7 heteroatoms. The lowest BCUT2D eigenvalue weighted by atomic mass is 9.96. The molecule has 2 aromatic rings. The topological polar surface area (TPSA) is 80.5 Å². The number of nitrogens with one attached hydrogen (secondary N) is 1. The highest BCUT2D eigenvalue weighted by molar-refractivity contribution is 5.94. The molecule has 3 rings (SSSR count). The number of carbonyl (C=O) groups is 1. The largest absolute Gasteiger partial charge is 0.495 e. The lowest BCUT2D eigenvalue weighted by molar-refractivity contribution is -0.121. The molecule has 0 aliphatic carbocycles. The quantitative estimate of drug-likeness (QED) is 0.804. The zero-order chi connectivity index (χ0) is 19.2. The summed E-state index contributed by atoms with van der Waals surface area (Å²) >= 11 is 0. The lowest BCUT2D eigenvalue weighted by Gasteiger charge is -2.30.